The Kier molecular flexibility index (Phi) is 4.14. The van der Waals surface area contributed by atoms with E-state index in [1.54, 1.807) is 0 Å². The van der Waals surface area contributed by atoms with E-state index in [0.717, 1.165) is 13.0 Å². The molecule has 0 aliphatic carbocycles. The highest BCUT2D eigenvalue weighted by atomic mass is 16.2. The summed E-state index contributed by atoms with van der Waals surface area (Å²) in [5.74, 6) is 0.0150. The van der Waals surface area contributed by atoms with E-state index < -0.39 is 5.66 Å². The van der Waals surface area contributed by atoms with Crippen LogP contribution >= 0.6 is 0 Å². The second kappa shape index (κ2) is 5.04. The first-order valence-corrected chi connectivity index (χ1v) is 6.16. The summed E-state index contributed by atoms with van der Waals surface area (Å²) in [5.41, 5.74) is -0.587. The maximum atomic E-state index is 11.4. The minimum Gasteiger partial charge on any atom is -0.335 e. The van der Waals surface area contributed by atoms with E-state index in [9.17, 15) is 9.59 Å². The lowest BCUT2D eigenvalue weighted by atomic mass is 9.82. The van der Waals surface area contributed by atoms with Crippen molar-refractivity contribution in [1.29, 1.82) is 0 Å². The molecule has 17 heavy (non-hydrogen) atoms. The molecular weight excluding hydrogens is 218 g/mol. The van der Waals surface area contributed by atoms with Crippen LogP contribution in [0.25, 0.3) is 0 Å². The number of carbonyl (C=O) groups is 2. The van der Waals surface area contributed by atoms with Gasteiger partial charge in [0.2, 0.25) is 11.8 Å². The van der Waals surface area contributed by atoms with Gasteiger partial charge < -0.3 is 15.5 Å². The van der Waals surface area contributed by atoms with Crippen LogP contribution in [-0.4, -0.2) is 37.1 Å². The van der Waals surface area contributed by atoms with Crippen LogP contribution < -0.4 is 15.5 Å². The number of rotatable bonds is 2. The van der Waals surface area contributed by atoms with Gasteiger partial charge in [0, 0.05) is 26.2 Å². The standard InChI is InChI=1S/C12H23N3O2/c1-8-7-15(5)9(2)6-12(8,13-10(3)16)14-11(4)17/h8-9H,6-7H2,1-5H3,(H,13,16)(H,14,17)/p+1/t8-,9+/m0/s1. The molecule has 1 aliphatic heterocycles. The molecule has 0 saturated carbocycles. The number of hydrogen-bond acceptors (Lipinski definition) is 2. The van der Waals surface area contributed by atoms with Gasteiger partial charge in [0.25, 0.3) is 0 Å². The van der Waals surface area contributed by atoms with Crippen molar-refractivity contribution >= 4 is 11.8 Å². The normalized spacial score (nSPS) is 31.7. The predicted molar refractivity (Wildman–Crippen MR) is 65.4 cm³/mol. The fourth-order valence-corrected chi connectivity index (χ4v) is 2.72. The van der Waals surface area contributed by atoms with E-state index in [1.165, 1.54) is 18.7 Å². The van der Waals surface area contributed by atoms with Crippen LogP contribution in [0.2, 0.25) is 0 Å². The van der Waals surface area contributed by atoms with Gasteiger partial charge >= 0.3 is 0 Å². The number of quaternary nitrogens is 1. The van der Waals surface area contributed by atoms with Crippen molar-refractivity contribution in [2.24, 2.45) is 5.92 Å². The molecule has 0 aromatic rings. The highest BCUT2D eigenvalue weighted by Crippen LogP contribution is 2.22. The fraction of sp³-hybridized carbons (Fsp3) is 0.833. The second-order valence-corrected chi connectivity index (χ2v) is 5.39. The summed E-state index contributed by atoms with van der Waals surface area (Å²) < 4.78 is 0. The molecule has 1 heterocycles. The third-order valence-corrected chi connectivity index (χ3v) is 3.74. The fourth-order valence-electron chi connectivity index (χ4n) is 2.72. The van der Waals surface area contributed by atoms with Crippen LogP contribution in [0, 0.1) is 5.92 Å². The lowest BCUT2D eigenvalue weighted by Gasteiger charge is -2.47. The minimum atomic E-state index is -0.587. The largest absolute Gasteiger partial charge is 0.335 e. The Morgan fingerprint density at radius 3 is 2.06 bits per heavy atom. The number of likely N-dealkylation sites (tertiary alicyclic amines) is 1. The number of hydrogen-bond donors (Lipinski definition) is 3. The second-order valence-electron chi connectivity index (χ2n) is 5.39. The van der Waals surface area contributed by atoms with Gasteiger partial charge in [0.15, 0.2) is 0 Å². The van der Waals surface area contributed by atoms with E-state index in [2.05, 4.69) is 31.5 Å². The molecule has 0 aromatic carbocycles. The topological polar surface area (TPSA) is 62.6 Å². The molecule has 3 N–H and O–H groups in total. The molecule has 1 saturated heterocycles. The third-order valence-electron chi connectivity index (χ3n) is 3.74. The van der Waals surface area contributed by atoms with Crippen LogP contribution in [0.1, 0.15) is 34.1 Å². The number of amides is 2. The molecule has 5 heteroatoms. The van der Waals surface area contributed by atoms with Crippen LogP contribution in [0.4, 0.5) is 0 Å². The Balaban J connectivity index is 2.95. The van der Waals surface area contributed by atoms with Crippen molar-refractivity contribution in [3.8, 4) is 0 Å². The molecule has 1 fully saturated rings. The smallest absolute Gasteiger partial charge is 0.218 e. The van der Waals surface area contributed by atoms with Gasteiger partial charge in [-0.25, -0.2) is 0 Å². The Morgan fingerprint density at radius 1 is 1.18 bits per heavy atom. The van der Waals surface area contributed by atoms with E-state index in [0.29, 0.717) is 6.04 Å². The van der Waals surface area contributed by atoms with Gasteiger partial charge in [0.05, 0.1) is 19.6 Å². The molecule has 0 bridgehead atoms. The average molecular weight is 242 g/mol. The lowest BCUT2D eigenvalue weighted by Crippen LogP contribution is -3.16. The van der Waals surface area contributed by atoms with Crippen molar-refractivity contribution in [3.05, 3.63) is 0 Å². The number of piperidine rings is 1. The van der Waals surface area contributed by atoms with Crippen LogP contribution in [0.5, 0.6) is 0 Å². The number of nitrogens with one attached hydrogen (secondary N) is 3. The van der Waals surface area contributed by atoms with Crippen molar-refractivity contribution in [3.63, 3.8) is 0 Å². The summed E-state index contributed by atoms with van der Waals surface area (Å²) in [6.07, 6.45) is 0.763. The van der Waals surface area contributed by atoms with Gasteiger partial charge in [-0.05, 0) is 6.92 Å². The van der Waals surface area contributed by atoms with Crippen molar-refractivity contribution in [2.45, 2.75) is 45.8 Å². The quantitative estimate of drug-likeness (QED) is 0.538. The monoisotopic (exact) mass is 242 g/mol. The van der Waals surface area contributed by atoms with E-state index in [4.69, 9.17) is 0 Å². The molecule has 1 rings (SSSR count). The summed E-state index contributed by atoms with van der Waals surface area (Å²) in [5, 5.41) is 5.89. The zero-order valence-corrected chi connectivity index (χ0v) is 11.4. The highest BCUT2D eigenvalue weighted by molar-refractivity contribution is 5.77. The molecule has 98 valence electrons. The van der Waals surface area contributed by atoms with Gasteiger partial charge in [-0.2, -0.15) is 0 Å². The molecule has 0 aromatic heterocycles. The van der Waals surface area contributed by atoms with Gasteiger partial charge in [0.1, 0.15) is 5.66 Å². The summed E-state index contributed by atoms with van der Waals surface area (Å²) in [7, 11) is 2.15. The van der Waals surface area contributed by atoms with Crippen LogP contribution in [0.3, 0.4) is 0 Å². The van der Waals surface area contributed by atoms with E-state index in [-0.39, 0.29) is 17.7 Å². The van der Waals surface area contributed by atoms with Crippen LogP contribution in [-0.2, 0) is 9.59 Å². The molecule has 0 radical (unpaired) electrons. The van der Waals surface area contributed by atoms with Crippen molar-refractivity contribution < 1.29 is 14.5 Å². The maximum Gasteiger partial charge on any atom is 0.218 e. The molecule has 5 nitrogen and oxygen atoms in total. The highest BCUT2D eigenvalue weighted by Gasteiger charge is 2.46. The first-order chi connectivity index (χ1) is 7.77. The van der Waals surface area contributed by atoms with Crippen molar-refractivity contribution in [2.75, 3.05) is 13.6 Å². The Hall–Kier alpha value is -1.10. The molecule has 1 unspecified atom stereocenters. The first-order valence-electron chi connectivity index (χ1n) is 6.16. The Bertz CT molecular complexity index is 301. The zero-order valence-electron chi connectivity index (χ0n) is 11.4. The SMILES string of the molecule is CC(=O)NC1(NC(C)=O)C[C@@H](C)[NH+](C)C[C@@H]1C. The molecule has 1 aliphatic rings. The predicted octanol–water partition coefficient (Wildman–Crippen LogP) is -1.10. The van der Waals surface area contributed by atoms with E-state index >= 15 is 0 Å². The molecule has 2 amide bonds. The molecule has 3 atom stereocenters. The minimum absolute atomic E-state index is 0.0997. The third kappa shape index (κ3) is 3.19. The maximum absolute atomic E-state index is 11.4. The van der Waals surface area contributed by atoms with Gasteiger partial charge in [-0.1, -0.05) is 6.92 Å². The molecule has 0 spiro atoms. The summed E-state index contributed by atoms with van der Waals surface area (Å²) in [4.78, 5) is 24.2. The number of carbonyl (C=O) groups excluding carboxylic acids is 2. The van der Waals surface area contributed by atoms with E-state index in [1.807, 2.05) is 0 Å². The lowest BCUT2D eigenvalue weighted by molar-refractivity contribution is -0.914. The summed E-state index contributed by atoms with van der Waals surface area (Å²) in [6, 6.07) is 0.407. The Labute approximate surface area is 103 Å². The first kappa shape index (κ1) is 14.0. The average Bonchev–Trinajstić information content (AvgIpc) is 2.12. The van der Waals surface area contributed by atoms with Crippen LogP contribution in [0.15, 0.2) is 0 Å². The summed E-state index contributed by atoms with van der Waals surface area (Å²) in [6.45, 7) is 8.13. The van der Waals surface area contributed by atoms with Crippen molar-refractivity contribution in [1.82, 2.24) is 10.6 Å². The zero-order chi connectivity index (χ0) is 13.2. The molecular formula is C12H24N3O2+. The Morgan fingerprint density at radius 2 is 1.65 bits per heavy atom. The van der Waals surface area contributed by atoms with Gasteiger partial charge in [-0.3, -0.25) is 9.59 Å². The van der Waals surface area contributed by atoms with Gasteiger partial charge in [-0.15, -0.1) is 0 Å². The summed E-state index contributed by atoms with van der Waals surface area (Å²) >= 11 is 0.